The largest absolute Gasteiger partial charge is 0.483 e. The van der Waals surface area contributed by atoms with Crippen LogP contribution in [0.3, 0.4) is 0 Å². The Morgan fingerprint density at radius 1 is 0.963 bits per heavy atom. The van der Waals surface area contributed by atoms with Crippen LogP contribution < -0.4 is 14.8 Å². The normalized spacial score (nSPS) is 10.1. The molecule has 10 nitrogen and oxygen atoms in total. The van der Waals surface area contributed by atoms with E-state index in [9.17, 15) is 25.0 Å². The van der Waals surface area contributed by atoms with Crippen LogP contribution in [0.2, 0.25) is 0 Å². The van der Waals surface area contributed by atoms with Crippen molar-refractivity contribution in [3.05, 3.63) is 62.2 Å². The van der Waals surface area contributed by atoms with E-state index in [1.807, 2.05) is 0 Å². The van der Waals surface area contributed by atoms with Crippen molar-refractivity contribution >= 4 is 23.0 Å². The molecule has 0 aliphatic carbocycles. The number of carbonyl (C=O) groups is 1. The maximum absolute atomic E-state index is 11.2. The average Bonchev–Trinajstić information content (AvgIpc) is 2.58. The van der Waals surface area contributed by atoms with E-state index >= 15 is 0 Å². The molecule has 10 heteroatoms. The Hall–Kier alpha value is -3.69. The van der Waals surface area contributed by atoms with Gasteiger partial charge in [0.05, 0.1) is 9.85 Å². The number of carbonyl (C=O) groups excluding carboxylic acids is 1. The van der Waals surface area contributed by atoms with Gasteiger partial charge < -0.3 is 14.8 Å². The van der Waals surface area contributed by atoms with Gasteiger partial charge in [0.1, 0.15) is 13.2 Å². The molecule has 1 amide bonds. The zero-order valence-electron chi connectivity index (χ0n) is 14.6. The predicted octanol–water partition coefficient (Wildman–Crippen LogP) is 3.23. The lowest BCUT2D eigenvalue weighted by Gasteiger charge is -2.10. The summed E-state index contributed by atoms with van der Waals surface area (Å²) in [6.45, 7) is 2.95. The number of hydrogen-bond acceptors (Lipinski definition) is 7. The Bertz CT molecular complexity index is 883. The van der Waals surface area contributed by atoms with E-state index in [4.69, 9.17) is 9.47 Å². The standard InChI is InChI=1S/C17H17N3O7/c1-11-3-5-14(19(22)23)17(9-11)27-8-7-26-16-6-4-13(18-12(2)21)10-15(16)20(24)25/h3-6,9-10H,7-8H2,1-2H3,(H,18,21). The number of nitro benzene ring substituents is 2. The summed E-state index contributed by atoms with van der Waals surface area (Å²) in [4.78, 5) is 32.0. The number of anilines is 1. The average molecular weight is 375 g/mol. The van der Waals surface area contributed by atoms with Crippen LogP contribution in [-0.2, 0) is 4.79 Å². The van der Waals surface area contributed by atoms with E-state index in [0.29, 0.717) is 0 Å². The van der Waals surface area contributed by atoms with E-state index in [1.165, 1.54) is 37.3 Å². The molecule has 1 N–H and O–H groups in total. The molecule has 0 radical (unpaired) electrons. The van der Waals surface area contributed by atoms with Gasteiger partial charge in [-0.25, -0.2) is 0 Å². The molecule has 27 heavy (non-hydrogen) atoms. The Morgan fingerprint density at radius 2 is 1.59 bits per heavy atom. The van der Waals surface area contributed by atoms with E-state index in [-0.39, 0.29) is 47.7 Å². The number of rotatable bonds is 8. The van der Waals surface area contributed by atoms with Crippen LogP contribution in [0.15, 0.2) is 36.4 Å². The molecule has 0 aliphatic heterocycles. The van der Waals surface area contributed by atoms with E-state index < -0.39 is 9.85 Å². The Morgan fingerprint density at radius 3 is 2.19 bits per heavy atom. The minimum absolute atomic E-state index is 0.00329. The molecule has 2 rings (SSSR count). The van der Waals surface area contributed by atoms with Crippen LogP contribution >= 0.6 is 0 Å². The molecule has 0 fully saturated rings. The summed E-state index contributed by atoms with van der Waals surface area (Å²) in [6, 6.07) is 8.49. The molecular weight excluding hydrogens is 358 g/mol. The molecule has 0 atom stereocenters. The molecule has 0 saturated heterocycles. The smallest absolute Gasteiger partial charge is 0.312 e. The fourth-order valence-electron chi connectivity index (χ4n) is 2.25. The van der Waals surface area contributed by atoms with Gasteiger partial charge in [-0.1, -0.05) is 6.07 Å². The third-order valence-corrected chi connectivity index (χ3v) is 3.39. The van der Waals surface area contributed by atoms with Gasteiger partial charge in [-0.15, -0.1) is 0 Å². The number of ether oxygens (including phenoxy) is 2. The monoisotopic (exact) mass is 375 g/mol. The van der Waals surface area contributed by atoms with Crippen molar-refractivity contribution in [1.82, 2.24) is 0 Å². The summed E-state index contributed by atoms with van der Waals surface area (Å²) >= 11 is 0. The minimum atomic E-state index is -0.632. The number of aryl methyl sites for hydroxylation is 1. The second-order valence-electron chi connectivity index (χ2n) is 5.55. The number of nitrogens with one attached hydrogen (secondary N) is 1. The molecule has 0 bridgehead atoms. The number of nitrogens with zero attached hydrogens (tertiary/aromatic N) is 2. The van der Waals surface area contributed by atoms with Gasteiger partial charge >= 0.3 is 11.4 Å². The quantitative estimate of drug-likeness (QED) is 0.425. The fourth-order valence-corrected chi connectivity index (χ4v) is 2.25. The lowest BCUT2D eigenvalue weighted by atomic mass is 10.2. The van der Waals surface area contributed by atoms with Crippen LogP contribution in [0.4, 0.5) is 17.1 Å². The second-order valence-corrected chi connectivity index (χ2v) is 5.55. The van der Waals surface area contributed by atoms with Gasteiger partial charge in [-0.3, -0.25) is 25.0 Å². The summed E-state index contributed by atoms with van der Waals surface area (Å²) in [6.07, 6.45) is 0. The van der Waals surface area contributed by atoms with E-state index in [0.717, 1.165) is 5.56 Å². The maximum Gasteiger partial charge on any atom is 0.312 e. The van der Waals surface area contributed by atoms with Gasteiger partial charge in [-0.05, 0) is 30.7 Å². The molecule has 0 saturated carbocycles. The van der Waals surface area contributed by atoms with Crippen LogP contribution in [0.25, 0.3) is 0 Å². The van der Waals surface area contributed by atoms with Crippen molar-refractivity contribution in [2.75, 3.05) is 18.5 Å². The highest BCUT2D eigenvalue weighted by Crippen LogP contribution is 2.31. The summed E-state index contributed by atoms with van der Waals surface area (Å²) in [5.41, 5.74) is 0.572. The molecule has 0 heterocycles. The molecular formula is C17H17N3O7. The van der Waals surface area contributed by atoms with Gasteiger partial charge in [-0.2, -0.15) is 0 Å². The number of amides is 1. The number of nitro groups is 2. The first-order chi connectivity index (χ1) is 12.8. The van der Waals surface area contributed by atoms with Gasteiger partial charge in [0.15, 0.2) is 11.5 Å². The van der Waals surface area contributed by atoms with Crippen molar-refractivity contribution in [1.29, 1.82) is 0 Å². The van der Waals surface area contributed by atoms with Crippen molar-refractivity contribution in [3.63, 3.8) is 0 Å². The van der Waals surface area contributed by atoms with E-state index in [2.05, 4.69) is 5.32 Å². The zero-order chi connectivity index (χ0) is 20.0. The number of benzene rings is 2. The maximum atomic E-state index is 11.2. The number of hydrogen-bond donors (Lipinski definition) is 1. The molecule has 2 aromatic rings. The highest BCUT2D eigenvalue weighted by Gasteiger charge is 2.18. The van der Waals surface area contributed by atoms with Crippen molar-refractivity contribution in [3.8, 4) is 11.5 Å². The Kier molecular flexibility index (Phi) is 6.26. The zero-order valence-corrected chi connectivity index (χ0v) is 14.6. The lowest BCUT2D eigenvalue weighted by molar-refractivity contribution is -0.386. The summed E-state index contributed by atoms with van der Waals surface area (Å²) in [7, 11) is 0. The first kappa shape index (κ1) is 19.6. The van der Waals surface area contributed by atoms with Crippen LogP contribution in [-0.4, -0.2) is 29.0 Å². The first-order valence-electron chi connectivity index (χ1n) is 7.84. The molecule has 2 aromatic carbocycles. The molecule has 0 aromatic heterocycles. The summed E-state index contributed by atoms with van der Waals surface area (Å²) in [5.74, 6) is -0.262. The van der Waals surface area contributed by atoms with Crippen molar-refractivity contribution in [2.24, 2.45) is 0 Å². The summed E-state index contributed by atoms with van der Waals surface area (Å²) in [5, 5.41) is 24.6. The summed E-state index contributed by atoms with van der Waals surface area (Å²) < 4.78 is 10.7. The minimum Gasteiger partial charge on any atom is -0.483 e. The van der Waals surface area contributed by atoms with E-state index in [1.54, 1.807) is 13.0 Å². The van der Waals surface area contributed by atoms with Crippen molar-refractivity contribution < 1.29 is 24.1 Å². The van der Waals surface area contributed by atoms with Crippen LogP contribution in [0, 0.1) is 27.2 Å². The highest BCUT2D eigenvalue weighted by atomic mass is 16.6. The molecule has 0 unspecified atom stereocenters. The lowest BCUT2D eigenvalue weighted by Crippen LogP contribution is -2.11. The van der Waals surface area contributed by atoms with Crippen molar-refractivity contribution in [2.45, 2.75) is 13.8 Å². The second kappa shape index (κ2) is 8.61. The predicted molar refractivity (Wildman–Crippen MR) is 96.2 cm³/mol. The third kappa shape index (κ3) is 5.39. The highest BCUT2D eigenvalue weighted by molar-refractivity contribution is 5.89. The Balaban J connectivity index is 2.03. The topological polar surface area (TPSA) is 134 Å². The first-order valence-corrected chi connectivity index (χ1v) is 7.84. The fraction of sp³-hybridized carbons (Fsp3) is 0.235. The van der Waals surface area contributed by atoms with Gasteiger partial charge in [0, 0.05) is 24.7 Å². The van der Waals surface area contributed by atoms with Crippen LogP contribution in [0.1, 0.15) is 12.5 Å². The third-order valence-electron chi connectivity index (χ3n) is 3.39. The van der Waals surface area contributed by atoms with Crippen LogP contribution in [0.5, 0.6) is 11.5 Å². The van der Waals surface area contributed by atoms with Gasteiger partial charge in [0.25, 0.3) is 0 Å². The molecule has 142 valence electrons. The molecule has 0 aliphatic rings. The molecule has 0 spiro atoms. The SMILES string of the molecule is CC(=O)Nc1ccc(OCCOc2cc(C)ccc2[N+](=O)[O-])c([N+](=O)[O-])c1. The Labute approximate surface area is 154 Å². The van der Waals surface area contributed by atoms with Gasteiger partial charge in [0.2, 0.25) is 5.91 Å².